The van der Waals surface area contributed by atoms with E-state index in [1.54, 1.807) is 54.6 Å². The van der Waals surface area contributed by atoms with Crippen LogP contribution in [0, 0.1) is 0 Å². The van der Waals surface area contributed by atoms with Crippen LogP contribution in [0.2, 0.25) is 0 Å². The standard InChI is InChI=1S/C20H19N3O5/c1-12(19(26)27)21-17(24)16(11-13-7-3-2-4-8-13)23-18(25)14-9-5-6-10-15(14)22-20(23)28/h2-10,12,16H,11H2,1H3,(H,21,24)(H,22,28)(H,26,27)/t12-,16?/m0/s1. The zero-order chi connectivity index (χ0) is 20.3. The second-order valence-electron chi connectivity index (χ2n) is 6.42. The molecule has 0 aliphatic carbocycles. The maximum absolute atomic E-state index is 13.0. The summed E-state index contributed by atoms with van der Waals surface area (Å²) in [5, 5.41) is 11.7. The summed E-state index contributed by atoms with van der Waals surface area (Å²) in [5.41, 5.74) is -0.252. The Morgan fingerprint density at radius 1 is 1.07 bits per heavy atom. The van der Waals surface area contributed by atoms with Crippen molar-refractivity contribution >= 4 is 22.8 Å². The molecular weight excluding hydrogens is 362 g/mol. The van der Waals surface area contributed by atoms with Gasteiger partial charge in [0.05, 0.1) is 10.9 Å². The fourth-order valence-corrected chi connectivity index (χ4v) is 2.97. The minimum Gasteiger partial charge on any atom is -0.480 e. The van der Waals surface area contributed by atoms with E-state index in [1.807, 2.05) is 0 Å². The molecule has 8 nitrogen and oxygen atoms in total. The Bertz CT molecular complexity index is 1130. The van der Waals surface area contributed by atoms with Gasteiger partial charge in [0.1, 0.15) is 12.1 Å². The Balaban J connectivity index is 2.12. The first kappa shape index (κ1) is 19.1. The molecule has 8 heteroatoms. The minimum atomic E-state index is -1.22. The summed E-state index contributed by atoms with van der Waals surface area (Å²) in [5.74, 6) is -1.94. The second-order valence-corrected chi connectivity index (χ2v) is 6.42. The smallest absolute Gasteiger partial charge is 0.329 e. The van der Waals surface area contributed by atoms with E-state index >= 15 is 0 Å². The fourth-order valence-electron chi connectivity index (χ4n) is 2.97. The van der Waals surface area contributed by atoms with E-state index in [4.69, 9.17) is 5.11 Å². The fraction of sp³-hybridized carbons (Fsp3) is 0.200. The molecule has 1 amide bonds. The SMILES string of the molecule is C[C@H](NC(=O)C(Cc1ccccc1)n1c(=O)[nH]c2ccccc2c1=O)C(=O)O. The number of carbonyl (C=O) groups excluding carboxylic acids is 1. The normalized spacial score (nSPS) is 13.0. The number of nitrogens with one attached hydrogen (secondary N) is 2. The molecule has 0 aliphatic heterocycles. The van der Waals surface area contributed by atoms with E-state index in [2.05, 4.69) is 10.3 Å². The molecule has 28 heavy (non-hydrogen) atoms. The molecular formula is C20H19N3O5. The number of amides is 1. The predicted molar refractivity (Wildman–Crippen MR) is 103 cm³/mol. The maximum atomic E-state index is 13.0. The molecule has 3 aromatic rings. The number of para-hydroxylation sites is 1. The molecule has 0 aliphatic rings. The van der Waals surface area contributed by atoms with Crippen LogP contribution in [0.4, 0.5) is 0 Å². The Labute approximate surface area is 159 Å². The lowest BCUT2D eigenvalue weighted by molar-refractivity contribution is -0.141. The summed E-state index contributed by atoms with van der Waals surface area (Å²) in [6.07, 6.45) is 0.0559. The minimum absolute atomic E-state index is 0.0559. The van der Waals surface area contributed by atoms with Crippen molar-refractivity contribution in [3.63, 3.8) is 0 Å². The van der Waals surface area contributed by atoms with Crippen molar-refractivity contribution in [1.82, 2.24) is 14.9 Å². The molecule has 1 unspecified atom stereocenters. The van der Waals surface area contributed by atoms with Gasteiger partial charge in [-0.1, -0.05) is 42.5 Å². The number of carbonyl (C=O) groups is 2. The van der Waals surface area contributed by atoms with Crippen molar-refractivity contribution in [2.45, 2.75) is 25.4 Å². The van der Waals surface area contributed by atoms with Crippen molar-refractivity contribution in [3.05, 3.63) is 81.0 Å². The van der Waals surface area contributed by atoms with Crippen LogP contribution in [0.15, 0.2) is 64.2 Å². The Morgan fingerprint density at radius 3 is 2.39 bits per heavy atom. The number of H-pyrrole nitrogens is 1. The van der Waals surface area contributed by atoms with Gasteiger partial charge in [-0.2, -0.15) is 0 Å². The van der Waals surface area contributed by atoms with Crippen LogP contribution in [0.3, 0.4) is 0 Å². The molecule has 2 atom stereocenters. The lowest BCUT2D eigenvalue weighted by Crippen LogP contribution is -2.48. The van der Waals surface area contributed by atoms with Crippen LogP contribution in [0.25, 0.3) is 10.9 Å². The highest BCUT2D eigenvalue weighted by atomic mass is 16.4. The van der Waals surface area contributed by atoms with Crippen molar-refractivity contribution in [1.29, 1.82) is 0 Å². The van der Waals surface area contributed by atoms with Crippen LogP contribution in [-0.4, -0.2) is 32.6 Å². The number of nitrogens with zero attached hydrogens (tertiary/aromatic N) is 1. The average Bonchev–Trinajstić information content (AvgIpc) is 2.67. The first-order valence-corrected chi connectivity index (χ1v) is 8.69. The Morgan fingerprint density at radius 2 is 1.71 bits per heavy atom. The number of carboxylic acid groups (broad SMARTS) is 1. The van der Waals surface area contributed by atoms with Gasteiger partial charge in [-0.05, 0) is 24.6 Å². The van der Waals surface area contributed by atoms with Gasteiger partial charge in [-0.25, -0.2) is 9.36 Å². The van der Waals surface area contributed by atoms with Crippen molar-refractivity contribution in [2.75, 3.05) is 0 Å². The van der Waals surface area contributed by atoms with Gasteiger partial charge in [0.15, 0.2) is 0 Å². The first-order valence-electron chi connectivity index (χ1n) is 8.69. The number of hydrogen-bond donors (Lipinski definition) is 3. The lowest BCUT2D eigenvalue weighted by Gasteiger charge is -2.20. The number of fused-ring (bicyclic) bond motifs is 1. The van der Waals surface area contributed by atoms with E-state index in [9.17, 15) is 19.2 Å². The Hall–Kier alpha value is -3.68. The molecule has 3 rings (SSSR count). The van der Waals surface area contributed by atoms with Crippen LogP contribution in [-0.2, 0) is 16.0 Å². The van der Waals surface area contributed by atoms with Gasteiger partial charge in [-0.15, -0.1) is 0 Å². The third-order valence-electron chi connectivity index (χ3n) is 4.45. The summed E-state index contributed by atoms with van der Waals surface area (Å²) in [6.45, 7) is 1.31. The second kappa shape index (κ2) is 7.91. The zero-order valence-electron chi connectivity index (χ0n) is 15.1. The third kappa shape index (κ3) is 3.85. The molecule has 0 saturated heterocycles. The van der Waals surface area contributed by atoms with E-state index in [0.717, 1.165) is 10.1 Å². The van der Waals surface area contributed by atoms with Gasteiger partial charge in [-0.3, -0.25) is 14.4 Å². The molecule has 0 fully saturated rings. The first-order chi connectivity index (χ1) is 13.4. The lowest BCUT2D eigenvalue weighted by atomic mass is 10.0. The van der Waals surface area contributed by atoms with E-state index in [0.29, 0.717) is 5.52 Å². The summed E-state index contributed by atoms with van der Waals surface area (Å²) in [4.78, 5) is 52.1. The molecule has 1 aromatic heterocycles. The third-order valence-corrected chi connectivity index (χ3v) is 4.45. The van der Waals surface area contributed by atoms with Gasteiger partial charge in [0.25, 0.3) is 5.56 Å². The highest BCUT2D eigenvalue weighted by molar-refractivity contribution is 5.86. The molecule has 0 bridgehead atoms. The van der Waals surface area contributed by atoms with Gasteiger partial charge in [0.2, 0.25) is 5.91 Å². The molecule has 3 N–H and O–H groups in total. The van der Waals surface area contributed by atoms with Crippen molar-refractivity contribution in [3.8, 4) is 0 Å². The van der Waals surface area contributed by atoms with Gasteiger partial charge in [0, 0.05) is 6.42 Å². The maximum Gasteiger partial charge on any atom is 0.329 e. The number of rotatable bonds is 6. The summed E-state index contributed by atoms with van der Waals surface area (Å²) >= 11 is 0. The molecule has 0 saturated carbocycles. The highest BCUT2D eigenvalue weighted by Gasteiger charge is 2.27. The molecule has 0 spiro atoms. The quantitative estimate of drug-likeness (QED) is 0.590. The van der Waals surface area contributed by atoms with E-state index in [-0.39, 0.29) is 11.8 Å². The van der Waals surface area contributed by atoms with Crippen molar-refractivity contribution in [2.24, 2.45) is 0 Å². The van der Waals surface area contributed by atoms with Crippen LogP contribution in [0.1, 0.15) is 18.5 Å². The number of aromatic amines is 1. The molecule has 1 heterocycles. The summed E-state index contributed by atoms with van der Waals surface area (Å²) in [7, 11) is 0. The number of carboxylic acids is 1. The van der Waals surface area contributed by atoms with Crippen LogP contribution < -0.4 is 16.6 Å². The Kier molecular flexibility index (Phi) is 5.39. The van der Waals surface area contributed by atoms with Crippen LogP contribution >= 0.6 is 0 Å². The van der Waals surface area contributed by atoms with E-state index in [1.165, 1.54) is 6.92 Å². The monoisotopic (exact) mass is 381 g/mol. The zero-order valence-corrected chi connectivity index (χ0v) is 15.1. The molecule has 2 aromatic carbocycles. The number of aliphatic carboxylic acids is 1. The summed E-state index contributed by atoms with van der Waals surface area (Å²) < 4.78 is 0.846. The number of hydrogen-bond acceptors (Lipinski definition) is 4. The predicted octanol–water partition coefficient (Wildman–Crippen LogP) is 1.06. The van der Waals surface area contributed by atoms with E-state index < -0.39 is 35.2 Å². The largest absolute Gasteiger partial charge is 0.480 e. The summed E-state index contributed by atoms with van der Waals surface area (Å²) in [6, 6.07) is 13.0. The van der Waals surface area contributed by atoms with Crippen LogP contribution in [0.5, 0.6) is 0 Å². The number of aromatic nitrogens is 2. The van der Waals surface area contributed by atoms with Crippen molar-refractivity contribution < 1.29 is 14.7 Å². The number of benzene rings is 2. The molecule has 144 valence electrons. The highest BCUT2D eigenvalue weighted by Crippen LogP contribution is 2.14. The molecule has 0 radical (unpaired) electrons. The average molecular weight is 381 g/mol. The van der Waals surface area contributed by atoms with Gasteiger partial charge < -0.3 is 15.4 Å². The van der Waals surface area contributed by atoms with Gasteiger partial charge >= 0.3 is 11.7 Å². The topological polar surface area (TPSA) is 121 Å².